The standard InChI is InChI=1S/C16H15N3O4S/c1-11-5-7-12(8-6-11)17-16(20)14-10-13(15-4-3-9-23-15)18-24(21,22)19(14)2/h3-10H,1-2H3,(H,17,20). The van der Waals surface area contributed by atoms with Crippen molar-refractivity contribution in [3.05, 3.63) is 65.8 Å². The van der Waals surface area contributed by atoms with E-state index < -0.39 is 16.1 Å². The molecule has 2 heterocycles. The molecule has 1 aliphatic heterocycles. The maximum atomic E-state index is 12.5. The highest BCUT2D eigenvalue weighted by Crippen LogP contribution is 2.21. The molecule has 0 saturated heterocycles. The normalized spacial score (nSPS) is 16.3. The number of anilines is 1. The minimum absolute atomic E-state index is 0.0445. The number of carbonyl (C=O) groups excluding carboxylic acids is 1. The van der Waals surface area contributed by atoms with Crippen LogP contribution in [0.25, 0.3) is 0 Å². The number of rotatable bonds is 3. The van der Waals surface area contributed by atoms with Gasteiger partial charge in [-0.25, -0.2) is 4.31 Å². The van der Waals surface area contributed by atoms with E-state index in [2.05, 4.69) is 9.71 Å². The summed E-state index contributed by atoms with van der Waals surface area (Å²) in [6, 6.07) is 10.4. The second kappa shape index (κ2) is 5.97. The van der Waals surface area contributed by atoms with Gasteiger partial charge in [0, 0.05) is 12.7 Å². The van der Waals surface area contributed by atoms with E-state index in [-0.39, 0.29) is 17.2 Å². The molecule has 124 valence electrons. The lowest BCUT2D eigenvalue weighted by Gasteiger charge is -2.23. The predicted molar refractivity (Wildman–Crippen MR) is 89.8 cm³/mol. The van der Waals surface area contributed by atoms with Crippen molar-refractivity contribution < 1.29 is 17.6 Å². The molecule has 0 saturated carbocycles. The van der Waals surface area contributed by atoms with Crippen molar-refractivity contribution >= 4 is 27.5 Å². The molecule has 0 radical (unpaired) electrons. The first-order valence-electron chi connectivity index (χ1n) is 7.09. The van der Waals surface area contributed by atoms with Crippen molar-refractivity contribution in [2.24, 2.45) is 4.40 Å². The van der Waals surface area contributed by atoms with Gasteiger partial charge in [-0.1, -0.05) is 17.7 Å². The van der Waals surface area contributed by atoms with Gasteiger partial charge in [-0.3, -0.25) is 4.79 Å². The quantitative estimate of drug-likeness (QED) is 0.922. The van der Waals surface area contributed by atoms with E-state index in [9.17, 15) is 13.2 Å². The topological polar surface area (TPSA) is 92.0 Å². The van der Waals surface area contributed by atoms with E-state index >= 15 is 0 Å². The van der Waals surface area contributed by atoms with E-state index in [4.69, 9.17) is 4.42 Å². The summed E-state index contributed by atoms with van der Waals surface area (Å²) >= 11 is 0. The summed E-state index contributed by atoms with van der Waals surface area (Å²) in [6.45, 7) is 1.93. The zero-order valence-electron chi connectivity index (χ0n) is 13.1. The Kier molecular flexibility index (Phi) is 3.98. The predicted octanol–water partition coefficient (Wildman–Crippen LogP) is 2.09. The van der Waals surface area contributed by atoms with Gasteiger partial charge >= 0.3 is 10.2 Å². The Balaban J connectivity index is 1.94. The minimum Gasteiger partial charge on any atom is -0.463 e. The van der Waals surface area contributed by atoms with Crippen molar-refractivity contribution in [3.8, 4) is 0 Å². The number of amides is 1. The van der Waals surface area contributed by atoms with Crippen LogP contribution >= 0.6 is 0 Å². The zero-order valence-corrected chi connectivity index (χ0v) is 13.9. The number of aryl methyl sites for hydroxylation is 1. The Morgan fingerprint density at radius 2 is 1.92 bits per heavy atom. The molecule has 8 heteroatoms. The largest absolute Gasteiger partial charge is 0.463 e. The van der Waals surface area contributed by atoms with E-state index in [0.717, 1.165) is 9.87 Å². The molecule has 0 fully saturated rings. The molecule has 0 atom stereocenters. The SMILES string of the molecule is Cc1ccc(NC(=O)C2=CC(c3ccco3)=NS(=O)(=O)N2C)cc1. The molecule has 0 unspecified atom stereocenters. The van der Waals surface area contributed by atoms with Gasteiger partial charge in [0.05, 0.1) is 6.26 Å². The monoisotopic (exact) mass is 345 g/mol. The molecule has 24 heavy (non-hydrogen) atoms. The van der Waals surface area contributed by atoms with E-state index in [1.165, 1.54) is 19.4 Å². The Hall–Kier alpha value is -2.87. The van der Waals surface area contributed by atoms with Gasteiger partial charge in [-0.2, -0.15) is 8.42 Å². The highest BCUT2D eigenvalue weighted by molar-refractivity contribution is 7.88. The molecule has 1 amide bonds. The second-order valence-electron chi connectivity index (χ2n) is 5.25. The lowest BCUT2D eigenvalue weighted by Crippen LogP contribution is -2.35. The average Bonchev–Trinajstić information content (AvgIpc) is 3.06. The van der Waals surface area contributed by atoms with Gasteiger partial charge in [-0.15, -0.1) is 4.40 Å². The molecule has 7 nitrogen and oxygen atoms in total. The van der Waals surface area contributed by atoms with Crippen LogP contribution in [0.5, 0.6) is 0 Å². The summed E-state index contributed by atoms with van der Waals surface area (Å²) in [5.74, 6) is -0.281. The Morgan fingerprint density at radius 1 is 1.21 bits per heavy atom. The maximum Gasteiger partial charge on any atom is 0.345 e. The molecule has 1 aliphatic rings. The number of furan rings is 1. The first kappa shape index (κ1) is 16.0. The van der Waals surface area contributed by atoms with Crippen molar-refractivity contribution in [3.63, 3.8) is 0 Å². The number of likely N-dealkylation sites (N-methyl/N-ethyl adjacent to an activating group) is 1. The smallest absolute Gasteiger partial charge is 0.345 e. The van der Waals surface area contributed by atoms with Gasteiger partial charge in [0.15, 0.2) is 5.76 Å². The van der Waals surface area contributed by atoms with Crippen LogP contribution in [0.4, 0.5) is 5.69 Å². The Labute approximate surface area is 139 Å². The lowest BCUT2D eigenvalue weighted by molar-refractivity contribution is -0.113. The summed E-state index contributed by atoms with van der Waals surface area (Å²) in [5, 5.41) is 2.67. The molecule has 2 aromatic rings. The molecular weight excluding hydrogens is 330 g/mol. The summed E-state index contributed by atoms with van der Waals surface area (Å²) in [5.41, 5.74) is 1.65. The number of allylic oxidation sites excluding steroid dienone is 1. The fourth-order valence-corrected chi connectivity index (χ4v) is 3.04. The molecule has 0 aliphatic carbocycles. The second-order valence-corrected chi connectivity index (χ2v) is 6.87. The highest BCUT2D eigenvalue weighted by atomic mass is 32.2. The van der Waals surface area contributed by atoms with E-state index in [1.54, 1.807) is 24.3 Å². The van der Waals surface area contributed by atoms with Gasteiger partial charge in [0.25, 0.3) is 5.91 Å². The van der Waals surface area contributed by atoms with Crippen LogP contribution in [-0.4, -0.2) is 31.4 Å². The minimum atomic E-state index is -4.00. The van der Waals surface area contributed by atoms with Crippen LogP contribution < -0.4 is 5.32 Å². The van der Waals surface area contributed by atoms with Crippen molar-refractivity contribution in [1.82, 2.24) is 4.31 Å². The molecule has 3 rings (SSSR count). The molecule has 1 N–H and O–H groups in total. The van der Waals surface area contributed by atoms with Crippen LogP contribution in [0.2, 0.25) is 0 Å². The maximum absolute atomic E-state index is 12.5. The lowest BCUT2D eigenvalue weighted by atomic mass is 10.2. The van der Waals surface area contributed by atoms with Crippen LogP contribution in [0.3, 0.4) is 0 Å². The van der Waals surface area contributed by atoms with Crippen LogP contribution in [-0.2, 0) is 15.0 Å². The number of nitrogens with zero attached hydrogens (tertiary/aromatic N) is 2. The number of carbonyl (C=O) groups is 1. The third-order valence-electron chi connectivity index (χ3n) is 3.49. The number of nitrogens with one attached hydrogen (secondary N) is 1. The summed E-state index contributed by atoms with van der Waals surface area (Å²) in [4.78, 5) is 12.5. The first-order chi connectivity index (χ1) is 11.4. The molecule has 1 aromatic carbocycles. The van der Waals surface area contributed by atoms with Crippen molar-refractivity contribution in [1.29, 1.82) is 0 Å². The molecular formula is C16H15N3O4S. The molecule has 0 spiro atoms. The van der Waals surface area contributed by atoms with E-state index in [0.29, 0.717) is 5.69 Å². The average molecular weight is 345 g/mol. The van der Waals surface area contributed by atoms with Crippen LogP contribution in [0.15, 0.2) is 63.2 Å². The Bertz CT molecular complexity index is 926. The van der Waals surface area contributed by atoms with Gasteiger partial charge in [0.1, 0.15) is 11.4 Å². The van der Waals surface area contributed by atoms with Crippen LogP contribution in [0, 0.1) is 6.92 Å². The Morgan fingerprint density at radius 3 is 2.54 bits per heavy atom. The van der Waals surface area contributed by atoms with E-state index in [1.807, 2.05) is 19.1 Å². The summed E-state index contributed by atoms with van der Waals surface area (Å²) < 4.78 is 34.0. The van der Waals surface area contributed by atoms with Crippen LogP contribution in [0.1, 0.15) is 11.3 Å². The van der Waals surface area contributed by atoms with Gasteiger partial charge in [-0.05, 0) is 37.3 Å². The summed E-state index contributed by atoms with van der Waals surface area (Å²) in [7, 11) is -2.72. The third kappa shape index (κ3) is 3.09. The first-order valence-corrected chi connectivity index (χ1v) is 8.49. The van der Waals surface area contributed by atoms with Crippen molar-refractivity contribution in [2.45, 2.75) is 6.92 Å². The number of benzene rings is 1. The summed E-state index contributed by atoms with van der Waals surface area (Å²) in [6.07, 6.45) is 2.78. The number of hydrogen-bond acceptors (Lipinski definition) is 4. The zero-order chi connectivity index (χ0) is 17.3. The third-order valence-corrected chi connectivity index (χ3v) is 4.80. The fraction of sp³-hybridized carbons (Fsp3) is 0.125. The highest BCUT2D eigenvalue weighted by Gasteiger charge is 2.30. The van der Waals surface area contributed by atoms with Gasteiger partial charge in [0.2, 0.25) is 0 Å². The van der Waals surface area contributed by atoms with Crippen molar-refractivity contribution in [2.75, 3.05) is 12.4 Å². The fourth-order valence-electron chi connectivity index (χ4n) is 2.14. The molecule has 0 bridgehead atoms. The van der Waals surface area contributed by atoms with Gasteiger partial charge < -0.3 is 9.73 Å². The molecule has 1 aromatic heterocycles. The number of hydrogen-bond donors (Lipinski definition) is 1.